The Kier molecular flexibility index (Phi) is 4.77. The van der Waals surface area contributed by atoms with E-state index in [9.17, 15) is 4.79 Å². The molecule has 0 aliphatic rings. The van der Waals surface area contributed by atoms with Crippen molar-refractivity contribution in [2.75, 3.05) is 18.0 Å². The molecule has 0 radical (unpaired) electrons. The number of rotatable bonds is 6. The average Bonchev–Trinajstić information content (AvgIpc) is 3.12. The zero-order valence-electron chi connectivity index (χ0n) is 12.5. The lowest BCUT2D eigenvalue weighted by Gasteiger charge is -2.02. The van der Waals surface area contributed by atoms with Crippen LogP contribution in [0.2, 0.25) is 0 Å². The molecule has 1 aromatic carbocycles. The van der Waals surface area contributed by atoms with Crippen LogP contribution in [0.5, 0.6) is 0 Å². The number of H-pyrrole nitrogens is 1. The number of nitrogen functional groups attached to an aromatic ring is 1. The molecule has 0 aliphatic heterocycles. The summed E-state index contributed by atoms with van der Waals surface area (Å²) in [6.07, 6.45) is 0.663. The maximum Gasteiger partial charge on any atom is 0.230 e. The molecule has 0 aliphatic carbocycles. The van der Waals surface area contributed by atoms with E-state index >= 15 is 0 Å². The Balaban J connectivity index is 1.46. The third kappa shape index (κ3) is 3.99. The largest absolute Gasteiger partial charge is 0.374 e. The first-order valence-corrected chi connectivity index (χ1v) is 8.85. The van der Waals surface area contributed by atoms with Crippen molar-refractivity contribution in [3.05, 3.63) is 29.6 Å². The van der Waals surface area contributed by atoms with E-state index in [1.807, 2.05) is 25.1 Å². The predicted molar refractivity (Wildman–Crippen MR) is 92.6 cm³/mol. The van der Waals surface area contributed by atoms with Gasteiger partial charge in [0.1, 0.15) is 5.82 Å². The highest BCUT2D eigenvalue weighted by molar-refractivity contribution is 8.01. The first-order chi connectivity index (χ1) is 11.1. The number of thioether (sulfide) groups is 1. The van der Waals surface area contributed by atoms with Gasteiger partial charge < -0.3 is 16.0 Å². The molecule has 9 heteroatoms. The van der Waals surface area contributed by atoms with Crippen molar-refractivity contribution < 1.29 is 4.79 Å². The van der Waals surface area contributed by atoms with E-state index in [0.717, 1.165) is 22.4 Å². The molecule has 3 rings (SSSR count). The molecule has 0 bridgehead atoms. The third-order valence-electron chi connectivity index (χ3n) is 3.20. The number of hydrogen-bond acceptors (Lipinski definition) is 7. The number of para-hydroxylation sites is 1. The molecule has 0 spiro atoms. The lowest BCUT2D eigenvalue weighted by Crippen LogP contribution is -2.27. The molecule has 0 unspecified atom stereocenters. The van der Waals surface area contributed by atoms with Gasteiger partial charge in [0.25, 0.3) is 0 Å². The van der Waals surface area contributed by atoms with E-state index in [0.29, 0.717) is 28.2 Å². The number of aromatic nitrogens is 4. The summed E-state index contributed by atoms with van der Waals surface area (Å²) in [6.45, 7) is 2.57. The Hall–Kier alpha value is -2.13. The average molecular weight is 348 g/mol. The summed E-state index contributed by atoms with van der Waals surface area (Å²) in [5.41, 5.74) is 8.64. The van der Waals surface area contributed by atoms with Gasteiger partial charge in [-0.3, -0.25) is 4.79 Å². The fourth-order valence-electron chi connectivity index (χ4n) is 2.12. The van der Waals surface area contributed by atoms with E-state index in [1.54, 1.807) is 0 Å². The Labute approximate surface area is 141 Å². The number of fused-ring (bicyclic) bond motifs is 1. The number of aryl methyl sites for hydroxylation is 1. The fourth-order valence-corrected chi connectivity index (χ4v) is 3.59. The summed E-state index contributed by atoms with van der Waals surface area (Å²) in [5, 5.41) is 10.8. The summed E-state index contributed by atoms with van der Waals surface area (Å²) >= 11 is 2.61. The number of anilines is 1. The topological polar surface area (TPSA) is 110 Å². The summed E-state index contributed by atoms with van der Waals surface area (Å²) in [5.74, 6) is 1.13. The molecule has 2 aromatic heterocycles. The van der Waals surface area contributed by atoms with E-state index in [1.165, 1.54) is 23.1 Å². The second-order valence-corrected chi connectivity index (χ2v) is 7.18. The summed E-state index contributed by atoms with van der Waals surface area (Å²) in [4.78, 5) is 19.6. The van der Waals surface area contributed by atoms with Gasteiger partial charge in [-0.1, -0.05) is 35.2 Å². The van der Waals surface area contributed by atoms with Crippen molar-refractivity contribution in [2.24, 2.45) is 0 Å². The molecule has 0 fully saturated rings. The first kappa shape index (κ1) is 15.8. The Morgan fingerprint density at radius 1 is 1.43 bits per heavy atom. The highest BCUT2D eigenvalue weighted by atomic mass is 32.2. The Bertz CT molecular complexity index is 828. The van der Waals surface area contributed by atoms with Crippen molar-refractivity contribution in [3.63, 3.8) is 0 Å². The van der Waals surface area contributed by atoms with Crippen LogP contribution in [0.3, 0.4) is 0 Å². The second-order valence-electron chi connectivity index (χ2n) is 4.95. The molecule has 4 N–H and O–H groups in total. The SMILES string of the molecule is Cc1cccc2[nH]c(CCNC(=O)CSc3nnc(N)s3)nc12. The number of amides is 1. The number of imidazole rings is 1. The van der Waals surface area contributed by atoms with Gasteiger partial charge in [-0.25, -0.2) is 4.98 Å². The monoisotopic (exact) mass is 348 g/mol. The molecular weight excluding hydrogens is 332 g/mol. The van der Waals surface area contributed by atoms with E-state index in [2.05, 4.69) is 25.5 Å². The predicted octanol–water partition coefficient (Wildman–Crippen LogP) is 1.76. The number of nitrogens with two attached hydrogens (primary N) is 1. The van der Waals surface area contributed by atoms with Gasteiger partial charge >= 0.3 is 0 Å². The number of nitrogens with zero attached hydrogens (tertiary/aromatic N) is 3. The van der Waals surface area contributed by atoms with Crippen LogP contribution in [-0.2, 0) is 11.2 Å². The lowest BCUT2D eigenvalue weighted by molar-refractivity contribution is -0.118. The molecule has 0 saturated carbocycles. The number of benzene rings is 1. The van der Waals surface area contributed by atoms with Gasteiger partial charge in [-0.05, 0) is 18.6 Å². The molecule has 120 valence electrons. The minimum Gasteiger partial charge on any atom is -0.374 e. The van der Waals surface area contributed by atoms with Crippen LogP contribution in [0.4, 0.5) is 5.13 Å². The molecule has 3 aromatic rings. The van der Waals surface area contributed by atoms with E-state index in [-0.39, 0.29) is 5.91 Å². The zero-order valence-corrected chi connectivity index (χ0v) is 14.1. The van der Waals surface area contributed by atoms with Crippen LogP contribution in [0, 0.1) is 6.92 Å². The molecular formula is C14H16N6OS2. The maximum absolute atomic E-state index is 11.8. The smallest absolute Gasteiger partial charge is 0.230 e. The van der Waals surface area contributed by atoms with Crippen LogP contribution in [0.15, 0.2) is 22.5 Å². The number of aromatic amines is 1. The minimum absolute atomic E-state index is 0.0453. The first-order valence-electron chi connectivity index (χ1n) is 7.04. The zero-order chi connectivity index (χ0) is 16.2. The van der Waals surface area contributed by atoms with Crippen LogP contribution < -0.4 is 11.1 Å². The Morgan fingerprint density at radius 3 is 3.04 bits per heavy atom. The van der Waals surface area contributed by atoms with Crippen LogP contribution in [-0.4, -0.2) is 38.4 Å². The van der Waals surface area contributed by atoms with Crippen LogP contribution in [0.25, 0.3) is 11.0 Å². The van der Waals surface area contributed by atoms with Gasteiger partial charge in [0.2, 0.25) is 11.0 Å². The van der Waals surface area contributed by atoms with Crippen molar-refractivity contribution in [1.82, 2.24) is 25.5 Å². The number of carbonyl (C=O) groups is 1. The van der Waals surface area contributed by atoms with E-state index < -0.39 is 0 Å². The molecule has 0 atom stereocenters. The second kappa shape index (κ2) is 6.97. The number of nitrogens with one attached hydrogen (secondary N) is 2. The standard InChI is InChI=1S/C14H16N6OS2/c1-8-3-2-4-9-12(8)18-10(17-9)5-6-16-11(21)7-22-14-20-19-13(15)23-14/h2-4H,5-7H2,1H3,(H2,15,19)(H,16,21)(H,17,18). The van der Waals surface area contributed by atoms with Crippen molar-refractivity contribution in [1.29, 1.82) is 0 Å². The number of carbonyl (C=O) groups excluding carboxylic acids is 1. The quantitative estimate of drug-likeness (QED) is 0.586. The maximum atomic E-state index is 11.8. The molecule has 23 heavy (non-hydrogen) atoms. The van der Waals surface area contributed by atoms with E-state index in [4.69, 9.17) is 5.73 Å². The van der Waals surface area contributed by atoms with Gasteiger partial charge in [-0.2, -0.15) is 0 Å². The normalized spacial score (nSPS) is 11.0. The van der Waals surface area contributed by atoms with Gasteiger partial charge in [0.05, 0.1) is 16.8 Å². The minimum atomic E-state index is -0.0453. The molecule has 0 saturated heterocycles. The van der Waals surface area contributed by atoms with Gasteiger partial charge in [0, 0.05) is 13.0 Å². The molecule has 2 heterocycles. The fraction of sp³-hybridized carbons (Fsp3) is 0.286. The lowest BCUT2D eigenvalue weighted by atomic mass is 10.2. The van der Waals surface area contributed by atoms with Crippen LogP contribution >= 0.6 is 23.1 Å². The van der Waals surface area contributed by atoms with Gasteiger partial charge in [-0.15, -0.1) is 10.2 Å². The van der Waals surface area contributed by atoms with Crippen molar-refractivity contribution >= 4 is 45.2 Å². The highest BCUT2D eigenvalue weighted by Crippen LogP contribution is 2.23. The van der Waals surface area contributed by atoms with Crippen LogP contribution in [0.1, 0.15) is 11.4 Å². The summed E-state index contributed by atoms with van der Waals surface area (Å²) < 4.78 is 0.699. The summed E-state index contributed by atoms with van der Waals surface area (Å²) in [6, 6.07) is 6.03. The van der Waals surface area contributed by atoms with Crippen molar-refractivity contribution in [3.8, 4) is 0 Å². The Morgan fingerprint density at radius 2 is 2.30 bits per heavy atom. The summed E-state index contributed by atoms with van der Waals surface area (Å²) in [7, 11) is 0. The third-order valence-corrected chi connectivity index (χ3v) is 5.08. The highest BCUT2D eigenvalue weighted by Gasteiger charge is 2.08. The van der Waals surface area contributed by atoms with Crippen molar-refractivity contribution in [2.45, 2.75) is 17.7 Å². The van der Waals surface area contributed by atoms with Gasteiger partial charge in [0.15, 0.2) is 4.34 Å². The number of hydrogen-bond donors (Lipinski definition) is 3. The molecule has 1 amide bonds. The molecule has 7 nitrogen and oxygen atoms in total.